The predicted octanol–water partition coefficient (Wildman–Crippen LogP) is 5.58. The van der Waals surface area contributed by atoms with Crippen LogP contribution in [0.5, 0.6) is 5.75 Å². The third-order valence-electron chi connectivity index (χ3n) is 8.25. The summed E-state index contributed by atoms with van der Waals surface area (Å²) in [4.78, 5) is 52.4. The number of aryl methyl sites for hydroxylation is 1. The Bertz CT molecular complexity index is 1640. The highest BCUT2D eigenvalue weighted by atomic mass is 19.1. The second-order valence-electron chi connectivity index (χ2n) is 12.9. The average molecular weight is 608 g/mol. The van der Waals surface area contributed by atoms with Gasteiger partial charge in [0.2, 0.25) is 0 Å². The molecule has 1 saturated carbocycles. The summed E-state index contributed by atoms with van der Waals surface area (Å²) in [5.74, 6) is -0.727. The number of fused-ring (bicyclic) bond motifs is 1. The van der Waals surface area contributed by atoms with E-state index in [-0.39, 0.29) is 29.4 Å². The van der Waals surface area contributed by atoms with Crippen LogP contribution in [0.15, 0.2) is 29.1 Å². The SMILES string of the molecule is COc1cc([C@H](C)NC(=O)c2c(N3CC[C@H](C)N(C(=O)OC(C)(C)C)CC3)c3cc(C)nc(C4CC4)c3[nH]c2=O)ccc1F. The number of amides is 2. The lowest BCUT2D eigenvalue weighted by Gasteiger charge is -2.30. The first-order valence-electron chi connectivity index (χ1n) is 15.2. The Morgan fingerprint density at radius 1 is 1.14 bits per heavy atom. The van der Waals surface area contributed by atoms with Crippen LogP contribution in [-0.2, 0) is 4.74 Å². The molecule has 2 fully saturated rings. The van der Waals surface area contributed by atoms with E-state index < -0.39 is 28.9 Å². The standard InChI is InChI=1S/C33H42FN5O5/c1-18-16-23-28(27(35-18)21-8-9-21)37-31(41)26(30(40)36-20(3)22-10-11-24(34)25(17-22)43-7)29(23)38-13-12-19(2)39(15-14-38)32(42)44-33(4,5)6/h10-11,16-17,19-21H,8-9,12-15H2,1-7H3,(H,36,40)(H,37,41)/t19-,20-/m0/s1. The quantitative estimate of drug-likeness (QED) is 0.376. The maximum absolute atomic E-state index is 14.1. The van der Waals surface area contributed by atoms with Crippen molar-refractivity contribution in [1.82, 2.24) is 20.2 Å². The van der Waals surface area contributed by atoms with Crippen LogP contribution in [-0.4, -0.2) is 65.3 Å². The van der Waals surface area contributed by atoms with Crippen LogP contribution >= 0.6 is 0 Å². The number of methoxy groups -OCH3 is 1. The van der Waals surface area contributed by atoms with Crippen molar-refractivity contribution in [2.75, 3.05) is 31.6 Å². The summed E-state index contributed by atoms with van der Waals surface area (Å²) < 4.78 is 24.9. The van der Waals surface area contributed by atoms with Gasteiger partial charge in [-0.1, -0.05) is 6.07 Å². The smallest absolute Gasteiger partial charge is 0.410 e. The monoisotopic (exact) mass is 607 g/mol. The van der Waals surface area contributed by atoms with Gasteiger partial charge >= 0.3 is 6.09 Å². The van der Waals surface area contributed by atoms with Gasteiger partial charge in [0.25, 0.3) is 11.5 Å². The Labute approximate surface area is 256 Å². The number of pyridine rings is 2. The maximum Gasteiger partial charge on any atom is 0.410 e. The highest BCUT2D eigenvalue weighted by Crippen LogP contribution is 2.43. The molecule has 0 unspecified atom stereocenters. The van der Waals surface area contributed by atoms with Gasteiger partial charge in [0.1, 0.15) is 11.2 Å². The van der Waals surface area contributed by atoms with E-state index >= 15 is 0 Å². The summed E-state index contributed by atoms with van der Waals surface area (Å²) in [6, 6.07) is 5.65. The van der Waals surface area contributed by atoms with Crippen molar-refractivity contribution in [2.45, 2.75) is 84.4 Å². The molecule has 0 spiro atoms. The topological polar surface area (TPSA) is 117 Å². The summed E-state index contributed by atoms with van der Waals surface area (Å²) >= 11 is 0. The fourth-order valence-corrected chi connectivity index (χ4v) is 5.80. The van der Waals surface area contributed by atoms with Crippen LogP contribution in [0.2, 0.25) is 0 Å². The Morgan fingerprint density at radius 2 is 1.86 bits per heavy atom. The zero-order chi connectivity index (χ0) is 31.9. The lowest BCUT2D eigenvalue weighted by molar-refractivity contribution is 0.0190. The minimum atomic E-state index is -0.633. The van der Waals surface area contributed by atoms with E-state index in [0.717, 1.165) is 29.6 Å². The fraction of sp³-hybridized carbons (Fsp3) is 0.515. The minimum absolute atomic E-state index is 0.0101. The van der Waals surface area contributed by atoms with Gasteiger partial charge in [-0.3, -0.25) is 14.6 Å². The number of H-pyrrole nitrogens is 1. The van der Waals surface area contributed by atoms with Gasteiger partial charge < -0.3 is 29.6 Å². The third kappa shape index (κ3) is 6.51. The number of nitrogens with zero attached hydrogens (tertiary/aromatic N) is 3. The Hall–Kier alpha value is -4.15. The van der Waals surface area contributed by atoms with Crippen molar-refractivity contribution < 1.29 is 23.5 Å². The Morgan fingerprint density at radius 3 is 2.52 bits per heavy atom. The van der Waals surface area contributed by atoms with Gasteiger partial charge in [-0.05, 0) is 84.6 Å². The predicted molar refractivity (Wildman–Crippen MR) is 167 cm³/mol. The molecule has 1 aliphatic carbocycles. The van der Waals surface area contributed by atoms with E-state index in [0.29, 0.717) is 42.8 Å². The molecule has 1 aromatic carbocycles. The van der Waals surface area contributed by atoms with Crippen molar-refractivity contribution in [2.24, 2.45) is 0 Å². The Balaban J connectivity index is 1.57. The van der Waals surface area contributed by atoms with Crippen LogP contribution in [0.1, 0.15) is 93.2 Å². The number of carbonyl (C=O) groups is 2. The number of carbonyl (C=O) groups excluding carboxylic acids is 2. The van der Waals surface area contributed by atoms with Gasteiger partial charge in [-0.15, -0.1) is 0 Å². The molecule has 3 heterocycles. The molecule has 0 radical (unpaired) electrons. The van der Waals surface area contributed by atoms with Crippen molar-refractivity contribution in [3.05, 3.63) is 63.0 Å². The molecule has 1 aliphatic heterocycles. The zero-order valence-corrected chi connectivity index (χ0v) is 26.5. The number of rotatable bonds is 6. The first-order valence-corrected chi connectivity index (χ1v) is 15.2. The molecule has 0 bridgehead atoms. The second kappa shape index (κ2) is 12.1. The largest absolute Gasteiger partial charge is 0.494 e. The molecular formula is C33H42FN5O5. The molecule has 2 aromatic heterocycles. The first-order chi connectivity index (χ1) is 20.8. The van der Waals surface area contributed by atoms with Crippen LogP contribution in [0.4, 0.5) is 14.9 Å². The number of hydrogen-bond acceptors (Lipinski definition) is 7. The van der Waals surface area contributed by atoms with Crippen molar-refractivity contribution in [3.63, 3.8) is 0 Å². The molecule has 5 rings (SSSR count). The molecule has 44 heavy (non-hydrogen) atoms. The molecule has 2 aliphatic rings. The molecular weight excluding hydrogens is 565 g/mol. The molecule has 3 aromatic rings. The van der Waals surface area contributed by atoms with Crippen LogP contribution in [0, 0.1) is 12.7 Å². The van der Waals surface area contributed by atoms with Gasteiger partial charge in [-0.2, -0.15) is 0 Å². The van der Waals surface area contributed by atoms with Crippen LogP contribution < -0.4 is 20.5 Å². The zero-order valence-electron chi connectivity index (χ0n) is 26.5. The highest BCUT2D eigenvalue weighted by molar-refractivity contribution is 6.08. The molecule has 2 N–H and O–H groups in total. The molecule has 10 nitrogen and oxygen atoms in total. The van der Waals surface area contributed by atoms with E-state index in [1.807, 2.05) is 45.6 Å². The summed E-state index contributed by atoms with van der Waals surface area (Å²) in [5, 5.41) is 3.69. The van der Waals surface area contributed by atoms with Crippen molar-refractivity contribution in [1.29, 1.82) is 0 Å². The number of aromatic amines is 1. The number of aromatic nitrogens is 2. The van der Waals surface area contributed by atoms with E-state index in [1.54, 1.807) is 17.9 Å². The highest BCUT2D eigenvalue weighted by Gasteiger charge is 2.34. The summed E-state index contributed by atoms with van der Waals surface area (Å²) in [7, 11) is 1.38. The molecule has 11 heteroatoms. The van der Waals surface area contributed by atoms with Crippen molar-refractivity contribution >= 4 is 28.6 Å². The second-order valence-corrected chi connectivity index (χ2v) is 12.9. The number of anilines is 1. The Kier molecular flexibility index (Phi) is 8.59. The average Bonchev–Trinajstić information content (AvgIpc) is 3.80. The van der Waals surface area contributed by atoms with E-state index in [9.17, 15) is 18.8 Å². The summed E-state index contributed by atoms with van der Waals surface area (Å²) in [6.07, 6.45) is 2.21. The molecule has 2 amide bonds. The first kappa shape index (κ1) is 31.3. The third-order valence-corrected chi connectivity index (χ3v) is 8.25. The van der Waals surface area contributed by atoms with Gasteiger partial charge in [0, 0.05) is 42.7 Å². The van der Waals surface area contributed by atoms with E-state index in [1.165, 1.54) is 19.2 Å². The minimum Gasteiger partial charge on any atom is -0.494 e. The van der Waals surface area contributed by atoms with Gasteiger partial charge in [-0.25, -0.2) is 9.18 Å². The lowest BCUT2D eigenvalue weighted by Crippen LogP contribution is -2.43. The summed E-state index contributed by atoms with van der Waals surface area (Å²) in [5.41, 5.74) is 2.28. The summed E-state index contributed by atoms with van der Waals surface area (Å²) in [6.45, 7) is 12.4. The number of ether oxygens (including phenoxy) is 2. The molecule has 236 valence electrons. The lowest BCUT2D eigenvalue weighted by atomic mass is 10.0. The van der Waals surface area contributed by atoms with Gasteiger partial charge in [0.15, 0.2) is 11.6 Å². The van der Waals surface area contributed by atoms with Gasteiger partial charge in [0.05, 0.1) is 30.0 Å². The van der Waals surface area contributed by atoms with Crippen LogP contribution in [0.25, 0.3) is 10.9 Å². The maximum atomic E-state index is 14.1. The van der Waals surface area contributed by atoms with E-state index in [4.69, 9.17) is 14.5 Å². The number of nitrogens with one attached hydrogen (secondary N) is 2. The van der Waals surface area contributed by atoms with Crippen LogP contribution in [0.3, 0.4) is 0 Å². The number of benzene rings is 1. The van der Waals surface area contributed by atoms with E-state index in [2.05, 4.69) is 10.3 Å². The number of halogens is 1. The normalized spacial score (nSPS) is 18.1. The number of hydrogen-bond donors (Lipinski definition) is 2. The van der Waals surface area contributed by atoms with Crippen molar-refractivity contribution in [3.8, 4) is 5.75 Å². The molecule has 1 saturated heterocycles. The fourth-order valence-electron chi connectivity index (χ4n) is 5.80. The molecule has 2 atom stereocenters.